The molecule has 2 nitrogen and oxygen atoms in total. The van der Waals surface area contributed by atoms with Crippen LogP contribution in [0.2, 0.25) is 0 Å². The van der Waals surface area contributed by atoms with Gasteiger partial charge in [0.2, 0.25) is 0 Å². The lowest BCUT2D eigenvalue weighted by molar-refractivity contribution is 0.435. The molecule has 0 spiro atoms. The zero-order chi connectivity index (χ0) is 17.4. The summed E-state index contributed by atoms with van der Waals surface area (Å²) in [5.41, 5.74) is 2.79. The van der Waals surface area contributed by atoms with Crippen LogP contribution in [0.3, 0.4) is 0 Å². The highest BCUT2D eigenvalue weighted by Crippen LogP contribution is 2.37. The molecule has 0 aromatic heterocycles. The number of piperidine rings is 1. The van der Waals surface area contributed by atoms with Gasteiger partial charge in [-0.2, -0.15) is 0 Å². The normalized spacial score (nSPS) is 25.1. The lowest BCUT2D eigenvalue weighted by atomic mass is 9.91. The molecule has 1 aliphatic heterocycles. The van der Waals surface area contributed by atoms with Crippen LogP contribution in [0, 0.1) is 17.7 Å². The summed E-state index contributed by atoms with van der Waals surface area (Å²) in [4.78, 5) is 4.65. The number of hydrogen-bond donors (Lipinski definition) is 1. The second-order valence-corrected chi connectivity index (χ2v) is 5.65. The van der Waals surface area contributed by atoms with Crippen molar-refractivity contribution in [3.63, 3.8) is 0 Å². The van der Waals surface area contributed by atoms with Gasteiger partial charge in [-0.05, 0) is 62.1 Å². The van der Waals surface area contributed by atoms with Gasteiger partial charge in [0.05, 0.1) is 5.70 Å². The summed E-state index contributed by atoms with van der Waals surface area (Å²) in [5.74, 6) is 1.09. The second kappa shape index (κ2) is 9.61. The third-order valence-corrected chi connectivity index (χ3v) is 4.39. The summed E-state index contributed by atoms with van der Waals surface area (Å²) in [7, 11) is 0. The van der Waals surface area contributed by atoms with Crippen LogP contribution in [0.25, 0.3) is 5.70 Å². The van der Waals surface area contributed by atoms with E-state index in [-0.39, 0.29) is 5.82 Å². The third-order valence-electron chi connectivity index (χ3n) is 4.39. The molecule has 23 heavy (non-hydrogen) atoms. The minimum atomic E-state index is -0.226. The Labute approximate surface area is 140 Å². The molecule has 1 aromatic carbocycles. The van der Waals surface area contributed by atoms with Crippen molar-refractivity contribution in [1.82, 2.24) is 5.32 Å². The molecule has 1 saturated heterocycles. The van der Waals surface area contributed by atoms with Gasteiger partial charge in [0.1, 0.15) is 5.82 Å². The molecular formula is C20H31FN2. The van der Waals surface area contributed by atoms with Crippen molar-refractivity contribution >= 4 is 11.4 Å². The number of hydrogen-bond acceptors (Lipinski definition) is 2. The fourth-order valence-electron chi connectivity index (χ4n) is 3.35. The molecule has 3 rings (SSSR count). The van der Waals surface area contributed by atoms with Gasteiger partial charge in [-0.1, -0.05) is 34.3 Å². The van der Waals surface area contributed by atoms with Crippen molar-refractivity contribution in [3.8, 4) is 0 Å². The highest BCUT2D eigenvalue weighted by Gasteiger charge is 2.40. The fraction of sp³-hybridized carbons (Fsp3) is 0.550. The Balaban J connectivity index is 0.000000615. The number of aliphatic imine (C=N–C) groups is 1. The molecule has 0 amide bonds. The quantitative estimate of drug-likeness (QED) is 0.751. The van der Waals surface area contributed by atoms with Crippen LogP contribution in [0.15, 0.2) is 35.8 Å². The summed E-state index contributed by atoms with van der Waals surface area (Å²) in [6, 6.07) is 7.05. The maximum atomic E-state index is 12.9. The Bertz CT molecular complexity index is 519. The van der Waals surface area contributed by atoms with E-state index in [2.05, 4.69) is 23.8 Å². The van der Waals surface area contributed by atoms with E-state index in [4.69, 9.17) is 0 Å². The van der Waals surface area contributed by atoms with Crippen molar-refractivity contribution in [3.05, 3.63) is 42.2 Å². The summed E-state index contributed by atoms with van der Waals surface area (Å²) < 4.78 is 12.9. The molecule has 1 aliphatic carbocycles. The van der Waals surface area contributed by atoms with Crippen LogP contribution in [-0.2, 0) is 0 Å². The fourth-order valence-corrected chi connectivity index (χ4v) is 3.35. The Morgan fingerprint density at radius 3 is 2.22 bits per heavy atom. The van der Waals surface area contributed by atoms with Crippen LogP contribution in [-0.4, -0.2) is 18.3 Å². The predicted octanol–water partition coefficient (Wildman–Crippen LogP) is 5.31. The van der Waals surface area contributed by atoms with E-state index in [1.54, 1.807) is 12.1 Å². The molecule has 0 radical (unpaired) electrons. The summed E-state index contributed by atoms with van der Waals surface area (Å²) >= 11 is 0. The van der Waals surface area contributed by atoms with Crippen LogP contribution in [0.1, 0.15) is 53.0 Å². The van der Waals surface area contributed by atoms with E-state index in [0.717, 1.165) is 23.7 Å². The topological polar surface area (TPSA) is 24.4 Å². The number of rotatable bonds is 3. The van der Waals surface area contributed by atoms with Crippen molar-refractivity contribution in [2.45, 2.75) is 53.5 Å². The van der Waals surface area contributed by atoms with E-state index in [9.17, 15) is 4.39 Å². The van der Waals surface area contributed by atoms with Gasteiger partial charge >= 0.3 is 0 Å². The lowest BCUT2D eigenvalue weighted by Gasteiger charge is -2.22. The van der Waals surface area contributed by atoms with Crippen LogP contribution in [0.5, 0.6) is 0 Å². The highest BCUT2D eigenvalue weighted by atomic mass is 19.1. The van der Waals surface area contributed by atoms with Gasteiger partial charge in [0, 0.05) is 17.7 Å². The van der Waals surface area contributed by atoms with E-state index in [1.807, 2.05) is 27.7 Å². The molecule has 3 atom stereocenters. The second-order valence-electron chi connectivity index (χ2n) is 5.65. The first-order valence-electron chi connectivity index (χ1n) is 8.87. The molecule has 1 N–H and O–H groups in total. The molecule has 2 bridgehead atoms. The van der Waals surface area contributed by atoms with Gasteiger partial charge in [0.25, 0.3) is 0 Å². The zero-order valence-corrected chi connectivity index (χ0v) is 15.2. The molecule has 1 aromatic rings. The molecular weight excluding hydrogens is 287 g/mol. The Morgan fingerprint density at radius 2 is 1.74 bits per heavy atom. The minimum absolute atomic E-state index is 0.226. The van der Waals surface area contributed by atoms with Crippen LogP contribution in [0.4, 0.5) is 4.39 Å². The average Bonchev–Trinajstić information content (AvgIpc) is 3.22. The molecule has 2 fully saturated rings. The standard InChI is InChI=1S/C16H19FN2.2C2H6/c1-10(12-3-5-14(17)6-4-12)19-11(2)16-8-15-7-13(16)9-18-15;2*1-2/h3-6,13,15-16,18H,1,7-9H2,2H3;2*1-2H3. The molecule has 3 unspecified atom stereocenters. The lowest BCUT2D eigenvalue weighted by Crippen LogP contribution is -2.32. The molecule has 128 valence electrons. The minimum Gasteiger partial charge on any atom is -0.314 e. The van der Waals surface area contributed by atoms with Crippen molar-refractivity contribution in [2.75, 3.05) is 6.54 Å². The van der Waals surface area contributed by atoms with Gasteiger partial charge in [-0.25, -0.2) is 4.39 Å². The molecule has 2 aliphatic rings. The number of halogens is 1. The number of nitrogens with one attached hydrogen (secondary N) is 1. The molecule has 3 heteroatoms. The highest BCUT2D eigenvalue weighted by molar-refractivity contribution is 5.90. The van der Waals surface area contributed by atoms with Gasteiger partial charge < -0.3 is 5.32 Å². The Morgan fingerprint density at radius 1 is 1.13 bits per heavy atom. The van der Waals surface area contributed by atoms with Gasteiger partial charge in [-0.15, -0.1) is 0 Å². The van der Waals surface area contributed by atoms with Gasteiger partial charge in [0.15, 0.2) is 0 Å². The van der Waals surface area contributed by atoms with Gasteiger partial charge in [-0.3, -0.25) is 4.99 Å². The third kappa shape index (κ3) is 5.00. The van der Waals surface area contributed by atoms with E-state index >= 15 is 0 Å². The maximum absolute atomic E-state index is 12.9. The summed E-state index contributed by atoms with van der Waals surface area (Å²) in [6.45, 7) is 15.2. The average molecular weight is 318 g/mol. The first-order valence-corrected chi connectivity index (χ1v) is 8.87. The Hall–Kier alpha value is -1.48. The molecule has 1 heterocycles. The largest absolute Gasteiger partial charge is 0.314 e. The zero-order valence-electron chi connectivity index (χ0n) is 15.2. The number of fused-ring (bicyclic) bond motifs is 2. The van der Waals surface area contributed by atoms with Crippen molar-refractivity contribution < 1.29 is 4.39 Å². The first kappa shape index (κ1) is 19.6. The van der Waals surface area contributed by atoms with E-state index in [0.29, 0.717) is 12.0 Å². The predicted molar refractivity (Wildman–Crippen MR) is 99.2 cm³/mol. The van der Waals surface area contributed by atoms with Crippen molar-refractivity contribution in [1.29, 1.82) is 0 Å². The summed E-state index contributed by atoms with van der Waals surface area (Å²) in [6.07, 6.45) is 2.47. The smallest absolute Gasteiger partial charge is 0.123 e. The van der Waals surface area contributed by atoms with Crippen LogP contribution >= 0.6 is 0 Å². The molecule has 1 saturated carbocycles. The SMILES string of the molecule is C=C(N=C(C)C1CC2CC1CN2)c1ccc(F)cc1.CC.CC. The van der Waals surface area contributed by atoms with E-state index in [1.165, 1.54) is 30.7 Å². The Kier molecular flexibility index (Phi) is 8.18. The first-order chi connectivity index (χ1) is 11.1. The number of benzene rings is 1. The number of nitrogens with zero attached hydrogens (tertiary/aromatic N) is 1. The monoisotopic (exact) mass is 318 g/mol. The maximum Gasteiger partial charge on any atom is 0.123 e. The van der Waals surface area contributed by atoms with Crippen molar-refractivity contribution in [2.24, 2.45) is 16.8 Å². The van der Waals surface area contributed by atoms with Crippen LogP contribution < -0.4 is 5.32 Å². The summed E-state index contributed by atoms with van der Waals surface area (Å²) in [5, 5.41) is 3.51. The van der Waals surface area contributed by atoms with E-state index < -0.39 is 0 Å².